The Kier molecular flexibility index (Phi) is 8.37. The van der Waals surface area contributed by atoms with Crippen LogP contribution in [-0.2, 0) is 9.59 Å². The first kappa shape index (κ1) is 16.9. The Labute approximate surface area is 110 Å². The molecular formula is C13H27N3O2. The van der Waals surface area contributed by atoms with Crippen molar-refractivity contribution < 1.29 is 9.59 Å². The highest BCUT2D eigenvalue weighted by Crippen LogP contribution is 1.91. The van der Waals surface area contributed by atoms with Gasteiger partial charge in [-0.2, -0.15) is 0 Å². The van der Waals surface area contributed by atoms with E-state index in [0.717, 1.165) is 13.1 Å². The van der Waals surface area contributed by atoms with Crippen molar-refractivity contribution in [3.8, 4) is 0 Å². The number of carbonyl (C=O) groups is 2. The Bertz CT molecular complexity index is 239. The molecule has 2 N–H and O–H groups in total. The first-order valence-corrected chi connectivity index (χ1v) is 6.58. The minimum atomic E-state index is 0.0284. The monoisotopic (exact) mass is 257 g/mol. The Morgan fingerprint density at radius 2 is 1.22 bits per heavy atom. The Morgan fingerprint density at radius 3 is 1.50 bits per heavy atom. The highest BCUT2D eigenvalue weighted by Gasteiger charge is 2.07. The van der Waals surface area contributed by atoms with Crippen molar-refractivity contribution in [2.45, 2.75) is 27.7 Å². The molecule has 0 atom stereocenters. The third-order valence-electron chi connectivity index (χ3n) is 2.63. The van der Waals surface area contributed by atoms with E-state index in [1.165, 1.54) is 0 Å². The Morgan fingerprint density at radius 1 is 0.889 bits per heavy atom. The van der Waals surface area contributed by atoms with E-state index in [9.17, 15) is 9.59 Å². The second-order valence-corrected chi connectivity index (χ2v) is 5.19. The van der Waals surface area contributed by atoms with Gasteiger partial charge in [0.25, 0.3) is 0 Å². The summed E-state index contributed by atoms with van der Waals surface area (Å²) in [5.41, 5.74) is 0. The number of amides is 2. The minimum Gasteiger partial charge on any atom is -0.355 e. The van der Waals surface area contributed by atoms with Crippen molar-refractivity contribution in [3.63, 3.8) is 0 Å². The summed E-state index contributed by atoms with van der Waals surface area (Å²) in [4.78, 5) is 24.7. The molecule has 0 rings (SSSR count). The molecule has 0 aromatic heterocycles. The van der Waals surface area contributed by atoms with Crippen molar-refractivity contribution >= 4 is 11.8 Å². The molecular weight excluding hydrogens is 230 g/mol. The average Bonchev–Trinajstić information content (AvgIpc) is 2.28. The maximum absolute atomic E-state index is 11.3. The summed E-state index contributed by atoms with van der Waals surface area (Å²) >= 11 is 0. The molecule has 0 heterocycles. The van der Waals surface area contributed by atoms with Crippen molar-refractivity contribution in [2.75, 3.05) is 33.2 Å². The van der Waals surface area contributed by atoms with Gasteiger partial charge in [-0.15, -0.1) is 0 Å². The highest BCUT2D eigenvalue weighted by atomic mass is 16.2. The molecule has 0 fully saturated rings. The molecule has 0 bridgehead atoms. The molecule has 0 saturated heterocycles. The number of rotatable bonds is 8. The molecule has 0 aromatic rings. The lowest BCUT2D eigenvalue weighted by Crippen LogP contribution is -2.39. The lowest BCUT2D eigenvalue weighted by atomic mass is 10.2. The number of likely N-dealkylation sites (N-methyl/N-ethyl adjacent to an activating group) is 1. The molecule has 0 aliphatic rings. The number of hydrogen-bond donors (Lipinski definition) is 2. The second-order valence-electron chi connectivity index (χ2n) is 5.19. The molecule has 0 aliphatic heterocycles. The fourth-order valence-corrected chi connectivity index (χ4v) is 1.26. The van der Waals surface area contributed by atoms with Crippen LogP contribution in [0.2, 0.25) is 0 Å². The van der Waals surface area contributed by atoms with E-state index in [-0.39, 0.29) is 23.7 Å². The molecule has 0 spiro atoms. The summed E-state index contributed by atoms with van der Waals surface area (Å²) in [7, 11) is 1.98. The molecule has 5 nitrogen and oxygen atoms in total. The topological polar surface area (TPSA) is 61.4 Å². The van der Waals surface area contributed by atoms with Gasteiger partial charge in [0.1, 0.15) is 0 Å². The van der Waals surface area contributed by atoms with Crippen molar-refractivity contribution in [2.24, 2.45) is 11.8 Å². The van der Waals surface area contributed by atoms with Gasteiger partial charge in [-0.05, 0) is 7.05 Å². The molecule has 2 amide bonds. The van der Waals surface area contributed by atoms with Gasteiger partial charge in [0.2, 0.25) is 11.8 Å². The lowest BCUT2D eigenvalue weighted by molar-refractivity contribution is -0.124. The van der Waals surface area contributed by atoms with Crippen molar-refractivity contribution in [3.05, 3.63) is 0 Å². The number of nitrogens with zero attached hydrogens (tertiary/aromatic N) is 1. The van der Waals surface area contributed by atoms with Crippen LogP contribution in [0.3, 0.4) is 0 Å². The number of carbonyl (C=O) groups excluding carboxylic acids is 2. The quantitative estimate of drug-likeness (QED) is 0.664. The van der Waals surface area contributed by atoms with E-state index in [1.807, 2.05) is 34.7 Å². The van der Waals surface area contributed by atoms with Crippen LogP contribution in [0.1, 0.15) is 27.7 Å². The summed E-state index contributed by atoms with van der Waals surface area (Å²) in [5, 5.41) is 5.72. The molecule has 106 valence electrons. The van der Waals surface area contributed by atoms with Crippen LogP contribution in [0.4, 0.5) is 0 Å². The standard InChI is InChI=1S/C13H27N3O2/c1-10(2)12(17)14-6-8-16(5)9-7-15-13(18)11(3)4/h10-11H,6-9H2,1-5H3,(H,14,17)(H,15,18). The third kappa shape index (κ3) is 8.06. The van der Waals surface area contributed by atoms with E-state index in [2.05, 4.69) is 15.5 Å². The van der Waals surface area contributed by atoms with Crippen LogP contribution in [0, 0.1) is 11.8 Å². The molecule has 0 aromatic carbocycles. The molecule has 0 aliphatic carbocycles. The van der Waals surface area contributed by atoms with Crippen LogP contribution < -0.4 is 10.6 Å². The van der Waals surface area contributed by atoms with Gasteiger partial charge < -0.3 is 15.5 Å². The average molecular weight is 257 g/mol. The van der Waals surface area contributed by atoms with Crippen LogP contribution in [0.15, 0.2) is 0 Å². The summed E-state index contributed by atoms with van der Waals surface area (Å²) < 4.78 is 0. The SMILES string of the molecule is CC(C)C(=O)NCCN(C)CCNC(=O)C(C)C. The summed E-state index contributed by atoms with van der Waals surface area (Å²) in [6.45, 7) is 10.4. The Balaban J connectivity index is 3.57. The zero-order valence-electron chi connectivity index (χ0n) is 12.2. The van der Waals surface area contributed by atoms with E-state index in [1.54, 1.807) is 0 Å². The number of nitrogens with one attached hydrogen (secondary N) is 2. The predicted octanol–water partition coefficient (Wildman–Crippen LogP) is 0.463. The highest BCUT2D eigenvalue weighted by molar-refractivity contribution is 5.78. The second kappa shape index (κ2) is 8.91. The van der Waals surface area contributed by atoms with Crippen molar-refractivity contribution in [1.82, 2.24) is 15.5 Å². The molecule has 18 heavy (non-hydrogen) atoms. The van der Waals surface area contributed by atoms with Gasteiger partial charge in [-0.3, -0.25) is 9.59 Å². The zero-order valence-corrected chi connectivity index (χ0v) is 12.2. The largest absolute Gasteiger partial charge is 0.355 e. The minimum absolute atomic E-state index is 0.0284. The summed E-state index contributed by atoms with van der Waals surface area (Å²) in [6, 6.07) is 0. The van der Waals surface area contributed by atoms with Gasteiger partial charge in [-0.25, -0.2) is 0 Å². The van der Waals surface area contributed by atoms with Gasteiger partial charge in [-0.1, -0.05) is 27.7 Å². The summed E-state index contributed by atoms with van der Waals surface area (Å²) in [6.07, 6.45) is 0. The predicted molar refractivity (Wildman–Crippen MR) is 73.2 cm³/mol. The first-order valence-electron chi connectivity index (χ1n) is 6.58. The van der Waals surface area contributed by atoms with Gasteiger partial charge in [0.15, 0.2) is 0 Å². The maximum Gasteiger partial charge on any atom is 0.222 e. The van der Waals surface area contributed by atoms with Crippen LogP contribution in [0.5, 0.6) is 0 Å². The zero-order chi connectivity index (χ0) is 14.1. The fourth-order valence-electron chi connectivity index (χ4n) is 1.26. The van der Waals surface area contributed by atoms with Gasteiger partial charge in [0, 0.05) is 38.0 Å². The van der Waals surface area contributed by atoms with Gasteiger partial charge in [0.05, 0.1) is 0 Å². The normalized spacial score (nSPS) is 11.1. The number of hydrogen-bond acceptors (Lipinski definition) is 3. The third-order valence-corrected chi connectivity index (χ3v) is 2.63. The van der Waals surface area contributed by atoms with E-state index < -0.39 is 0 Å². The van der Waals surface area contributed by atoms with Crippen LogP contribution in [0.25, 0.3) is 0 Å². The maximum atomic E-state index is 11.3. The molecule has 5 heteroatoms. The molecule has 0 radical (unpaired) electrons. The van der Waals surface area contributed by atoms with Crippen LogP contribution >= 0.6 is 0 Å². The fraction of sp³-hybridized carbons (Fsp3) is 0.846. The van der Waals surface area contributed by atoms with Gasteiger partial charge >= 0.3 is 0 Å². The Hall–Kier alpha value is -1.10. The van der Waals surface area contributed by atoms with E-state index in [0.29, 0.717) is 13.1 Å². The first-order chi connectivity index (χ1) is 8.34. The lowest BCUT2D eigenvalue weighted by Gasteiger charge is -2.18. The van der Waals surface area contributed by atoms with E-state index >= 15 is 0 Å². The molecule has 0 unspecified atom stereocenters. The smallest absolute Gasteiger partial charge is 0.222 e. The molecule has 0 saturated carbocycles. The van der Waals surface area contributed by atoms with Crippen LogP contribution in [-0.4, -0.2) is 49.9 Å². The van der Waals surface area contributed by atoms with Crippen molar-refractivity contribution in [1.29, 1.82) is 0 Å². The summed E-state index contributed by atoms with van der Waals surface area (Å²) in [5.74, 6) is 0.217. The van der Waals surface area contributed by atoms with E-state index in [4.69, 9.17) is 0 Å².